The van der Waals surface area contributed by atoms with Crippen molar-refractivity contribution in [1.82, 2.24) is 0 Å². The van der Waals surface area contributed by atoms with Crippen LogP contribution in [-0.4, -0.2) is 20.0 Å². The summed E-state index contributed by atoms with van der Waals surface area (Å²) in [6, 6.07) is 21.3. The van der Waals surface area contributed by atoms with Gasteiger partial charge in [0.2, 0.25) is 5.91 Å². The van der Waals surface area contributed by atoms with Gasteiger partial charge in [-0.05, 0) is 90.3 Å². The molecule has 3 aromatic rings. The van der Waals surface area contributed by atoms with E-state index in [0.29, 0.717) is 18.8 Å². The first kappa shape index (κ1) is 23.0. The Labute approximate surface area is 196 Å². The van der Waals surface area contributed by atoms with Crippen LogP contribution in [-0.2, 0) is 23.1 Å². The van der Waals surface area contributed by atoms with Gasteiger partial charge in [-0.25, -0.2) is 4.39 Å². The molecule has 0 saturated carbocycles. The summed E-state index contributed by atoms with van der Waals surface area (Å²) in [5, 5.41) is 3.16. The first-order chi connectivity index (χ1) is 15.8. The maximum absolute atomic E-state index is 14.4. The first-order valence-electron chi connectivity index (χ1n) is 11.7. The van der Waals surface area contributed by atoms with Crippen LogP contribution in [0.15, 0.2) is 66.7 Å². The predicted octanol–water partition coefficient (Wildman–Crippen LogP) is 6.47. The molecule has 0 saturated heterocycles. The quantitative estimate of drug-likeness (QED) is 0.472. The van der Waals surface area contributed by atoms with Crippen molar-refractivity contribution in [3.63, 3.8) is 0 Å². The standard InChI is InChI=1S/C29H33FN2O/c1-20(2)22-10-13-25(14-11-22)31-28(33)29(19-21-7-15-26(16-8-21)32(3)4)17-5-6-23-9-12-24(30)18-27(23)29/h7-16,18,20H,5-6,17,19H2,1-4H3,(H,31,33). The van der Waals surface area contributed by atoms with Gasteiger partial charge in [0, 0.05) is 25.5 Å². The highest BCUT2D eigenvalue weighted by atomic mass is 19.1. The third kappa shape index (κ3) is 4.80. The van der Waals surface area contributed by atoms with E-state index in [-0.39, 0.29) is 11.7 Å². The average Bonchev–Trinajstić information content (AvgIpc) is 2.80. The van der Waals surface area contributed by atoms with Gasteiger partial charge in [-0.15, -0.1) is 0 Å². The molecule has 3 aromatic carbocycles. The number of fused-ring (bicyclic) bond motifs is 1. The fourth-order valence-electron chi connectivity index (χ4n) is 4.89. The van der Waals surface area contributed by atoms with E-state index in [2.05, 4.69) is 60.5 Å². The molecule has 1 N–H and O–H groups in total. The van der Waals surface area contributed by atoms with Crippen molar-refractivity contribution < 1.29 is 9.18 Å². The Morgan fingerprint density at radius 2 is 1.73 bits per heavy atom. The molecule has 4 heteroatoms. The number of rotatable bonds is 6. The van der Waals surface area contributed by atoms with Crippen LogP contribution in [0.2, 0.25) is 0 Å². The molecule has 1 amide bonds. The molecular weight excluding hydrogens is 411 g/mol. The minimum Gasteiger partial charge on any atom is -0.378 e. The number of aryl methyl sites for hydroxylation is 1. The Balaban J connectivity index is 1.72. The molecule has 1 aliphatic carbocycles. The Kier molecular flexibility index (Phi) is 6.55. The van der Waals surface area contributed by atoms with Crippen LogP contribution in [0.5, 0.6) is 0 Å². The summed E-state index contributed by atoms with van der Waals surface area (Å²) in [4.78, 5) is 16.0. The normalized spacial score (nSPS) is 17.5. The highest BCUT2D eigenvalue weighted by Crippen LogP contribution is 2.42. The Morgan fingerprint density at radius 3 is 2.36 bits per heavy atom. The Bertz CT molecular complexity index is 1120. The highest BCUT2D eigenvalue weighted by Gasteiger charge is 2.43. The fourth-order valence-corrected chi connectivity index (χ4v) is 4.89. The van der Waals surface area contributed by atoms with Crippen molar-refractivity contribution in [3.05, 3.63) is 94.8 Å². The number of nitrogens with one attached hydrogen (secondary N) is 1. The topological polar surface area (TPSA) is 32.3 Å². The van der Waals surface area contributed by atoms with E-state index >= 15 is 0 Å². The van der Waals surface area contributed by atoms with Gasteiger partial charge in [0.25, 0.3) is 0 Å². The summed E-state index contributed by atoms with van der Waals surface area (Å²) in [7, 11) is 4.02. The molecule has 0 aliphatic heterocycles. The minimum absolute atomic E-state index is 0.0666. The van der Waals surface area contributed by atoms with E-state index in [9.17, 15) is 9.18 Å². The van der Waals surface area contributed by atoms with Gasteiger partial charge in [-0.2, -0.15) is 0 Å². The van der Waals surface area contributed by atoms with Crippen LogP contribution in [0.3, 0.4) is 0 Å². The van der Waals surface area contributed by atoms with Gasteiger partial charge in [0.15, 0.2) is 0 Å². The van der Waals surface area contributed by atoms with Crippen molar-refractivity contribution in [1.29, 1.82) is 0 Å². The number of nitrogens with zero attached hydrogens (tertiary/aromatic N) is 1. The number of benzene rings is 3. The van der Waals surface area contributed by atoms with Crippen LogP contribution in [0.25, 0.3) is 0 Å². The number of anilines is 2. The van der Waals surface area contributed by atoms with Gasteiger partial charge in [-0.3, -0.25) is 4.79 Å². The molecule has 33 heavy (non-hydrogen) atoms. The SMILES string of the molecule is CC(C)c1ccc(NC(=O)C2(Cc3ccc(N(C)C)cc3)CCCc3ccc(F)cc32)cc1. The zero-order valence-corrected chi connectivity index (χ0v) is 20.0. The van der Waals surface area contributed by atoms with E-state index in [4.69, 9.17) is 0 Å². The molecule has 1 aliphatic rings. The van der Waals surface area contributed by atoms with E-state index in [0.717, 1.165) is 40.9 Å². The van der Waals surface area contributed by atoms with Crippen molar-refractivity contribution >= 4 is 17.3 Å². The molecule has 3 nitrogen and oxygen atoms in total. The highest BCUT2D eigenvalue weighted by molar-refractivity contribution is 6.00. The van der Waals surface area contributed by atoms with Gasteiger partial charge >= 0.3 is 0 Å². The molecular formula is C29H33FN2O. The van der Waals surface area contributed by atoms with Crippen LogP contribution < -0.4 is 10.2 Å². The Morgan fingerprint density at radius 1 is 1.03 bits per heavy atom. The van der Waals surface area contributed by atoms with Gasteiger partial charge in [0.05, 0.1) is 5.41 Å². The predicted molar refractivity (Wildman–Crippen MR) is 135 cm³/mol. The lowest BCUT2D eigenvalue weighted by Gasteiger charge is -2.38. The molecule has 4 rings (SSSR count). The number of amides is 1. The molecule has 0 heterocycles. The van der Waals surface area contributed by atoms with Crippen molar-refractivity contribution in [2.24, 2.45) is 0 Å². The molecule has 0 spiro atoms. The zero-order valence-electron chi connectivity index (χ0n) is 20.0. The smallest absolute Gasteiger partial charge is 0.235 e. The number of hydrogen-bond donors (Lipinski definition) is 1. The second kappa shape index (κ2) is 9.38. The maximum atomic E-state index is 14.4. The van der Waals surface area contributed by atoms with Crippen molar-refractivity contribution in [2.75, 3.05) is 24.3 Å². The largest absolute Gasteiger partial charge is 0.378 e. The van der Waals surface area contributed by atoms with E-state index in [1.54, 1.807) is 6.07 Å². The number of carbonyl (C=O) groups excluding carboxylic acids is 1. The fraction of sp³-hybridized carbons (Fsp3) is 0.345. The lowest BCUT2D eigenvalue weighted by molar-refractivity contribution is -0.122. The minimum atomic E-state index is -0.813. The molecule has 1 atom stereocenters. The summed E-state index contributed by atoms with van der Waals surface area (Å²) in [6.45, 7) is 4.30. The zero-order chi connectivity index (χ0) is 23.6. The van der Waals surface area contributed by atoms with E-state index in [1.165, 1.54) is 11.6 Å². The van der Waals surface area contributed by atoms with Crippen LogP contribution in [0.1, 0.15) is 54.9 Å². The van der Waals surface area contributed by atoms with Crippen LogP contribution >= 0.6 is 0 Å². The number of halogens is 1. The van der Waals surface area contributed by atoms with Gasteiger partial charge in [-0.1, -0.05) is 44.2 Å². The summed E-state index contributed by atoms with van der Waals surface area (Å²) in [5.41, 5.74) is 5.26. The summed E-state index contributed by atoms with van der Waals surface area (Å²) in [6.07, 6.45) is 2.99. The summed E-state index contributed by atoms with van der Waals surface area (Å²) < 4.78 is 14.4. The molecule has 0 radical (unpaired) electrons. The second-order valence-corrected chi connectivity index (χ2v) is 9.71. The molecule has 0 fully saturated rings. The molecule has 1 unspecified atom stereocenters. The van der Waals surface area contributed by atoms with Crippen molar-refractivity contribution in [3.8, 4) is 0 Å². The van der Waals surface area contributed by atoms with E-state index in [1.807, 2.05) is 32.3 Å². The number of carbonyl (C=O) groups is 1. The molecule has 0 aromatic heterocycles. The number of hydrogen-bond acceptors (Lipinski definition) is 2. The van der Waals surface area contributed by atoms with E-state index < -0.39 is 5.41 Å². The van der Waals surface area contributed by atoms with Crippen LogP contribution in [0.4, 0.5) is 15.8 Å². The Hall–Kier alpha value is -3.14. The monoisotopic (exact) mass is 444 g/mol. The lowest BCUT2D eigenvalue weighted by Crippen LogP contribution is -2.45. The molecule has 0 bridgehead atoms. The summed E-state index contributed by atoms with van der Waals surface area (Å²) in [5.74, 6) is 0.0690. The van der Waals surface area contributed by atoms with Gasteiger partial charge in [0.1, 0.15) is 5.82 Å². The van der Waals surface area contributed by atoms with Gasteiger partial charge < -0.3 is 10.2 Å². The third-order valence-electron chi connectivity index (χ3n) is 6.87. The van der Waals surface area contributed by atoms with Crippen molar-refractivity contribution in [2.45, 2.75) is 50.9 Å². The first-order valence-corrected chi connectivity index (χ1v) is 11.7. The average molecular weight is 445 g/mol. The van der Waals surface area contributed by atoms with Crippen LogP contribution in [0, 0.1) is 5.82 Å². The maximum Gasteiger partial charge on any atom is 0.235 e. The molecule has 172 valence electrons. The third-order valence-corrected chi connectivity index (χ3v) is 6.87. The summed E-state index contributed by atoms with van der Waals surface area (Å²) >= 11 is 0. The second-order valence-electron chi connectivity index (χ2n) is 9.71. The lowest BCUT2D eigenvalue weighted by atomic mass is 9.66.